The molecule has 0 spiro atoms. The van der Waals surface area contributed by atoms with Crippen molar-refractivity contribution < 1.29 is 4.79 Å². The standard InChI is InChI=1S/C30H30N6O/c1-2-27-32-16-24-22(4-3-5-25(24)33-27)23-14-21(15-31)29(34-28(23)19-8-9-19)35-12-13-36(30(37)20-10-11-20)26(17-35)18-6-7-18/h2-5,14,16,18-20,26H,1,6-13,17H2. The molecule has 2 aromatic heterocycles. The molecule has 3 aromatic rings. The van der Waals surface area contributed by atoms with Crippen molar-refractivity contribution in [3.63, 3.8) is 0 Å². The molecule has 1 atom stereocenters. The van der Waals surface area contributed by atoms with Crippen LogP contribution in [-0.4, -0.2) is 51.4 Å². The first kappa shape index (κ1) is 22.4. The maximum absolute atomic E-state index is 13.0. The van der Waals surface area contributed by atoms with Crippen LogP contribution >= 0.6 is 0 Å². The number of carbonyl (C=O) groups excluding carboxylic acids is 1. The number of fused-ring (bicyclic) bond motifs is 1. The third-order valence-electron chi connectivity index (χ3n) is 8.33. The number of carbonyl (C=O) groups is 1. The number of anilines is 1. The number of hydrogen-bond acceptors (Lipinski definition) is 6. The van der Waals surface area contributed by atoms with Gasteiger partial charge < -0.3 is 9.80 Å². The zero-order valence-electron chi connectivity index (χ0n) is 20.9. The molecular weight excluding hydrogens is 460 g/mol. The Bertz CT molecular complexity index is 1460. The second-order valence-electron chi connectivity index (χ2n) is 11.0. The van der Waals surface area contributed by atoms with Crippen LogP contribution in [0.3, 0.4) is 0 Å². The van der Waals surface area contributed by atoms with E-state index in [0.717, 1.165) is 78.9 Å². The van der Waals surface area contributed by atoms with Gasteiger partial charge in [0.15, 0.2) is 5.82 Å². The fraction of sp³-hybridized carbons (Fsp3) is 0.433. The minimum atomic E-state index is 0.230. The SMILES string of the molecule is C=Cc1ncc2c(-c3cc(C#N)c(N4CCN(C(=O)C5CC5)C(C5CC5)C4)nc3C3CC3)cccc2n1. The highest BCUT2D eigenvalue weighted by Crippen LogP contribution is 2.46. The van der Waals surface area contributed by atoms with E-state index < -0.39 is 0 Å². The van der Waals surface area contributed by atoms with E-state index in [1.807, 2.05) is 24.4 Å². The van der Waals surface area contributed by atoms with Crippen LogP contribution in [0.1, 0.15) is 61.5 Å². The number of amides is 1. The molecule has 3 aliphatic carbocycles. The van der Waals surface area contributed by atoms with Crippen molar-refractivity contribution in [2.75, 3.05) is 24.5 Å². The largest absolute Gasteiger partial charge is 0.352 e. The lowest BCUT2D eigenvalue weighted by molar-refractivity contribution is -0.135. The van der Waals surface area contributed by atoms with Gasteiger partial charge in [0.25, 0.3) is 0 Å². The predicted octanol–water partition coefficient (Wildman–Crippen LogP) is 4.92. The van der Waals surface area contributed by atoms with Crippen LogP contribution in [0.2, 0.25) is 0 Å². The van der Waals surface area contributed by atoms with Crippen molar-refractivity contribution in [1.82, 2.24) is 19.9 Å². The summed E-state index contributed by atoms with van der Waals surface area (Å²) in [5.41, 5.74) is 4.53. The lowest BCUT2D eigenvalue weighted by Gasteiger charge is -2.43. The van der Waals surface area contributed by atoms with Crippen LogP contribution < -0.4 is 4.90 Å². The fourth-order valence-corrected chi connectivity index (χ4v) is 5.85. The monoisotopic (exact) mass is 490 g/mol. The molecule has 0 radical (unpaired) electrons. The van der Waals surface area contributed by atoms with E-state index in [4.69, 9.17) is 4.98 Å². The highest BCUT2D eigenvalue weighted by Gasteiger charge is 2.45. The molecule has 4 fully saturated rings. The Morgan fingerprint density at radius 3 is 2.62 bits per heavy atom. The number of rotatable bonds is 6. The Balaban J connectivity index is 1.28. The van der Waals surface area contributed by atoms with Gasteiger partial charge in [-0.15, -0.1) is 0 Å². The molecular formula is C30H30N6O. The molecule has 7 rings (SSSR count). The van der Waals surface area contributed by atoms with E-state index in [-0.39, 0.29) is 12.0 Å². The number of aromatic nitrogens is 3. The third kappa shape index (κ3) is 4.05. The Kier molecular flexibility index (Phi) is 5.24. The summed E-state index contributed by atoms with van der Waals surface area (Å²) in [4.78, 5) is 31.7. The van der Waals surface area contributed by atoms with E-state index in [2.05, 4.69) is 38.5 Å². The normalized spacial score (nSPS) is 21.6. The maximum Gasteiger partial charge on any atom is 0.226 e. The summed E-state index contributed by atoms with van der Waals surface area (Å²) >= 11 is 0. The number of nitrogens with zero attached hydrogens (tertiary/aromatic N) is 6. The predicted molar refractivity (Wildman–Crippen MR) is 143 cm³/mol. The first-order valence-corrected chi connectivity index (χ1v) is 13.5. The highest BCUT2D eigenvalue weighted by molar-refractivity contribution is 5.95. The zero-order chi connectivity index (χ0) is 25.1. The van der Waals surface area contributed by atoms with E-state index in [1.165, 1.54) is 12.8 Å². The molecule has 0 N–H and O–H groups in total. The third-order valence-corrected chi connectivity index (χ3v) is 8.33. The molecule has 186 valence electrons. The summed E-state index contributed by atoms with van der Waals surface area (Å²) in [6.45, 7) is 5.99. The summed E-state index contributed by atoms with van der Waals surface area (Å²) in [6, 6.07) is 10.8. The smallest absolute Gasteiger partial charge is 0.226 e. The van der Waals surface area contributed by atoms with E-state index in [0.29, 0.717) is 29.1 Å². The summed E-state index contributed by atoms with van der Waals surface area (Å²) in [5.74, 6) is 2.95. The summed E-state index contributed by atoms with van der Waals surface area (Å²) in [7, 11) is 0. The summed E-state index contributed by atoms with van der Waals surface area (Å²) in [6.07, 6.45) is 10.2. The Hall–Kier alpha value is -3.79. The fourth-order valence-electron chi connectivity index (χ4n) is 5.85. The molecule has 1 aromatic carbocycles. The first-order valence-electron chi connectivity index (χ1n) is 13.5. The van der Waals surface area contributed by atoms with Gasteiger partial charge in [-0.1, -0.05) is 18.7 Å². The van der Waals surface area contributed by atoms with Crippen molar-refractivity contribution in [2.45, 2.75) is 50.5 Å². The van der Waals surface area contributed by atoms with Gasteiger partial charge in [-0.2, -0.15) is 5.26 Å². The average Bonchev–Trinajstić information content (AvgIpc) is 3.80. The molecule has 1 amide bonds. The van der Waals surface area contributed by atoms with Gasteiger partial charge in [0.2, 0.25) is 5.91 Å². The van der Waals surface area contributed by atoms with Gasteiger partial charge in [0.1, 0.15) is 11.9 Å². The summed E-state index contributed by atoms with van der Waals surface area (Å²) in [5, 5.41) is 11.2. The van der Waals surface area contributed by atoms with Crippen LogP contribution in [0, 0.1) is 23.2 Å². The van der Waals surface area contributed by atoms with Gasteiger partial charge in [-0.3, -0.25) is 4.79 Å². The second-order valence-corrected chi connectivity index (χ2v) is 11.0. The van der Waals surface area contributed by atoms with Gasteiger partial charge >= 0.3 is 0 Å². The van der Waals surface area contributed by atoms with Crippen molar-refractivity contribution in [1.29, 1.82) is 5.26 Å². The van der Waals surface area contributed by atoms with E-state index >= 15 is 0 Å². The lowest BCUT2D eigenvalue weighted by Crippen LogP contribution is -2.57. The lowest BCUT2D eigenvalue weighted by atomic mass is 9.96. The van der Waals surface area contributed by atoms with Crippen LogP contribution in [0.5, 0.6) is 0 Å². The van der Waals surface area contributed by atoms with Gasteiger partial charge in [0, 0.05) is 48.6 Å². The summed E-state index contributed by atoms with van der Waals surface area (Å²) < 4.78 is 0. The molecule has 37 heavy (non-hydrogen) atoms. The molecule has 0 bridgehead atoms. The van der Waals surface area contributed by atoms with Gasteiger partial charge in [0.05, 0.1) is 22.8 Å². The molecule has 7 nitrogen and oxygen atoms in total. The van der Waals surface area contributed by atoms with Crippen molar-refractivity contribution in [2.24, 2.45) is 11.8 Å². The number of pyridine rings is 1. The van der Waals surface area contributed by atoms with Crippen molar-refractivity contribution in [3.05, 3.63) is 54.1 Å². The van der Waals surface area contributed by atoms with Gasteiger partial charge in [-0.05, 0) is 68.2 Å². The van der Waals surface area contributed by atoms with Crippen LogP contribution in [0.15, 0.2) is 37.0 Å². The van der Waals surface area contributed by atoms with Crippen LogP contribution in [0.4, 0.5) is 5.82 Å². The first-order chi connectivity index (χ1) is 18.1. The number of hydrogen-bond donors (Lipinski definition) is 0. The van der Waals surface area contributed by atoms with E-state index in [1.54, 1.807) is 6.08 Å². The number of nitriles is 1. The van der Waals surface area contributed by atoms with Gasteiger partial charge in [-0.25, -0.2) is 15.0 Å². The van der Waals surface area contributed by atoms with E-state index in [9.17, 15) is 10.1 Å². The molecule has 4 aliphatic rings. The van der Waals surface area contributed by atoms with Crippen LogP contribution in [-0.2, 0) is 4.79 Å². The Labute approximate surface area is 216 Å². The molecule has 3 saturated carbocycles. The minimum absolute atomic E-state index is 0.230. The Morgan fingerprint density at radius 2 is 1.92 bits per heavy atom. The maximum atomic E-state index is 13.0. The van der Waals surface area contributed by atoms with Crippen molar-refractivity contribution >= 4 is 28.7 Å². The quantitative estimate of drug-likeness (QED) is 0.487. The average molecular weight is 491 g/mol. The topological polar surface area (TPSA) is 86.0 Å². The number of piperazine rings is 1. The molecule has 1 aliphatic heterocycles. The molecule has 1 saturated heterocycles. The van der Waals surface area contributed by atoms with Crippen LogP contribution in [0.25, 0.3) is 28.1 Å². The Morgan fingerprint density at radius 1 is 1.08 bits per heavy atom. The zero-order valence-corrected chi connectivity index (χ0v) is 20.9. The minimum Gasteiger partial charge on any atom is -0.352 e. The molecule has 3 heterocycles. The molecule has 1 unspecified atom stereocenters. The second kappa shape index (κ2) is 8.65. The van der Waals surface area contributed by atoms with Crippen molar-refractivity contribution in [3.8, 4) is 17.2 Å². The highest BCUT2D eigenvalue weighted by atomic mass is 16.2. The molecule has 7 heteroatoms. The number of benzene rings is 1.